The minimum atomic E-state index is 0.719. The van der Waals surface area contributed by atoms with Crippen LogP contribution in [-0.4, -0.2) is 70.3 Å². The van der Waals surface area contributed by atoms with E-state index in [2.05, 4.69) is 34.7 Å². The van der Waals surface area contributed by atoms with E-state index in [4.69, 9.17) is 5.73 Å². The first kappa shape index (κ1) is 36.8. The zero-order chi connectivity index (χ0) is 26.9. The maximum Gasteiger partial charge on any atom is 0.0107 e. The molecule has 0 atom stereocenters. The number of hydrogen-bond donors (Lipinski definition) is 4. The molecule has 0 radical (unpaired) electrons. The first-order valence-corrected chi connectivity index (χ1v) is 16.9. The second kappa shape index (κ2) is 33.8. The van der Waals surface area contributed by atoms with Gasteiger partial charge >= 0.3 is 0 Å². The van der Waals surface area contributed by atoms with Gasteiger partial charge in [0, 0.05) is 52.4 Å². The highest BCUT2D eigenvalue weighted by Gasteiger charge is 2.05. The van der Waals surface area contributed by atoms with E-state index in [0.29, 0.717) is 0 Å². The Morgan fingerprint density at radius 2 is 0.703 bits per heavy atom. The third kappa shape index (κ3) is 31.9. The van der Waals surface area contributed by atoms with Crippen molar-refractivity contribution < 1.29 is 0 Å². The molecule has 0 heterocycles. The zero-order valence-corrected chi connectivity index (χ0v) is 25.7. The van der Waals surface area contributed by atoms with Gasteiger partial charge in [-0.15, -0.1) is 0 Å². The Labute approximate surface area is 234 Å². The van der Waals surface area contributed by atoms with Crippen molar-refractivity contribution in [2.24, 2.45) is 5.73 Å². The lowest BCUT2D eigenvalue weighted by Gasteiger charge is -2.22. The third-order valence-electron chi connectivity index (χ3n) is 7.54. The lowest BCUT2D eigenvalue weighted by atomic mass is 10.1. The SMILES string of the molecule is CCCCCCCCCCCCN(CCCCCCCCCCCC)CCNCCNCCNCCN. The molecule has 5 heteroatoms. The second-order valence-electron chi connectivity index (χ2n) is 11.2. The number of nitrogens with two attached hydrogens (primary N) is 1. The number of nitrogens with zero attached hydrogens (tertiary/aromatic N) is 1. The number of nitrogens with one attached hydrogen (secondary N) is 3. The molecule has 0 fully saturated rings. The summed E-state index contributed by atoms with van der Waals surface area (Å²) in [7, 11) is 0. The van der Waals surface area contributed by atoms with Gasteiger partial charge in [-0.05, 0) is 25.9 Å². The van der Waals surface area contributed by atoms with Gasteiger partial charge in [0.1, 0.15) is 0 Å². The fraction of sp³-hybridized carbons (Fsp3) is 1.00. The minimum Gasteiger partial charge on any atom is -0.329 e. The molecule has 0 amide bonds. The number of rotatable bonds is 33. The van der Waals surface area contributed by atoms with Crippen molar-refractivity contribution in [2.45, 2.75) is 142 Å². The Balaban J connectivity index is 3.87. The van der Waals surface area contributed by atoms with Crippen LogP contribution in [0.15, 0.2) is 0 Å². The molecule has 0 aliphatic rings. The second-order valence-corrected chi connectivity index (χ2v) is 11.2. The van der Waals surface area contributed by atoms with Crippen molar-refractivity contribution in [3.05, 3.63) is 0 Å². The molecule has 0 aliphatic carbocycles. The predicted molar refractivity (Wildman–Crippen MR) is 168 cm³/mol. The van der Waals surface area contributed by atoms with E-state index in [9.17, 15) is 0 Å². The molecule has 5 nitrogen and oxygen atoms in total. The van der Waals surface area contributed by atoms with Gasteiger partial charge in [-0.2, -0.15) is 0 Å². The van der Waals surface area contributed by atoms with E-state index in [1.165, 1.54) is 148 Å². The van der Waals surface area contributed by atoms with Crippen molar-refractivity contribution in [3.8, 4) is 0 Å². The third-order valence-corrected chi connectivity index (χ3v) is 7.54. The molecule has 0 bridgehead atoms. The summed E-state index contributed by atoms with van der Waals surface area (Å²) in [5.41, 5.74) is 5.50. The van der Waals surface area contributed by atoms with Gasteiger partial charge in [-0.25, -0.2) is 0 Å². The summed E-state index contributed by atoms with van der Waals surface area (Å²) in [5.74, 6) is 0. The monoisotopic (exact) mass is 526 g/mol. The van der Waals surface area contributed by atoms with Crippen LogP contribution in [0.3, 0.4) is 0 Å². The van der Waals surface area contributed by atoms with Crippen LogP contribution < -0.4 is 21.7 Å². The van der Waals surface area contributed by atoms with Crippen LogP contribution in [0.5, 0.6) is 0 Å². The standard InChI is InChI=1S/C32H71N5/c1-3-5-7-9-11-13-15-17-19-21-30-37(31-22-20-18-16-14-12-10-8-6-4-2)32-29-36-28-27-35-26-25-34-24-23-33/h34-36H,3-33H2,1-2H3. The summed E-state index contributed by atoms with van der Waals surface area (Å²) < 4.78 is 0. The molecule has 0 saturated heterocycles. The maximum atomic E-state index is 5.50. The van der Waals surface area contributed by atoms with Crippen LogP contribution in [0.4, 0.5) is 0 Å². The average Bonchev–Trinajstić information content (AvgIpc) is 2.91. The minimum absolute atomic E-state index is 0.719. The highest BCUT2D eigenvalue weighted by Crippen LogP contribution is 2.12. The topological polar surface area (TPSA) is 65.3 Å². The van der Waals surface area contributed by atoms with Gasteiger partial charge in [-0.1, -0.05) is 129 Å². The molecule has 0 aliphatic heterocycles. The summed E-state index contributed by atoms with van der Waals surface area (Å²) in [5, 5.41) is 10.5. The van der Waals surface area contributed by atoms with Gasteiger partial charge in [-0.3, -0.25) is 0 Å². The summed E-state index contributed by atoms with van der Waals surface area (Å²) in [6, 6.07) is 0. The maximum absolute atomic E-state index is 5.50. The molecule has 0 aromatic heterocycles. The van der Waals surface area contributed by atoms with E-state index < -0.39 is 0 Å². The van der Waals surface area contributed by atoms with E-state index in [1.54, 1.807) is 0 Å². The van der Waals surface area contributed by atoms with Gasteiger partial charge in [0.05, 0.1) is 0 Å². The molecular formula is C32H71N5. The van der Waals surface area contributed by atoms with Crippen LogP contribution in [0.2, 0.25) is 0 Å². The predicted octanol–water partition coefficient (Wildman–Crippen LogP) is 6.86. The molecule has 0 saturated carbocycles. The molecule has 5 N–H and O–H groups in total. The lowest BCUT2D eigenvalue weighted by Crippen LogP contribution is -2.37. The smallest absolute Gasteiger partial charge is 0.0107 e. The van der Waals surface area contributed by atoms with Crippen LogP contribution in [-0.2, 0) is 0 Å². The average molecular weight is 526 g/mol. The number of unbranched alkanes of at least 4 members (excludes halogenated alkanes) is 18. The Morgan fingerprint density at radius 3 is 1.08 bits per heavy atom. The Kier molecular flexibility index (Phi) is 33.6. The molecular weight excluding hydrogens is 454 g/mol. The Hall–Kier alpha value is -0.200. The van der Waals surface area contributed by atoms with Crippen molar-refractivity contribution in [1.29, 1.82) is 0 Å². The summed E-state index contributed by atoms with van der Waals surface area (Å²) >= 11 is 0. The first-order chi connectivity index (χ1) is 18.3. The van der Waals surface area contributed by atoms with Gasteiger partial charge in [0.15, 0.2) is 0 Å². The van der Waals surface area contributed by atoms with Crippen molar-refractivity contribution in [3.63, 3.8) is 0 Å². The molecule has 37 heavy (non-hydrogen) atoms. The normalized spacial score (nSPS) is 11.7. The van der Waals surface area contributed by atoms with Crippen LogP contribution in [0, 0.1) is 0 Å². The van der Waals surface area contributed by atoms with Gasteiger partial charge < -0.3 is 26.6 Å². The van der Waals surface area contributed by atoms with Crippen molar-refractivity contribution in [1.82, 2.24) is 20.9 Å². The van der Waals surface area contributed by atoms with Gasteiger partial charge in [0.2, 0.25) is 0 Å². The molecule has 0 unspecified atom stereocenters. The van der Waals surface area contributed by atoms with E-state index in [0.717, 1.165) is 45.8 Å². The van der Waals surface area contributed by atoms with E-state index in [-0.39, 0.29) is 0 Å². The summed E-state index contributed by atoms with van der Waals surface area (Å²) in [6.07, 6.45) is 28.5. The van der Waals surface area contributed by atoms with Gasteiger partial charge in [0.25, 0.3) is 0 Å². The van der Waals surface area contributed by atoms with Crippen molar-refractivity contribution in [2.75, 3.05) is 65.4 Å². The van der Waals surface area contributed by atoms with E-state index in [1.807, 2.05) is 0 Å². The largest absolute Gasteiger partial charge is 0.329 e. The highest BCUT2D eigenvalue weighted by molar-refractivity contribution is 4.63. The lowest BCUT2D eigenvalue weighted by molar-refractivity contribution is 0.260. The summed E-state index contributed by atoms with van der Waals surface area (Å²) in [4.78, 5) is 2.74. The molecule has 0 spiro atoms. The number of hydrogen-bond acceptors (Lipinski definition) is 5. The fourth-order valence-electron chi connectivity index (χ4n) is 5.05. The highest BCUT2D eigenvalue weighted by atomic mass is 15.1. The Morgan fingerprint density at radius 1 is 0.378 bits per heavy atom. The van der Waals surface area contributed by atoms with Crippen LogP contribution >= 0.6 is 0 Å². The molecule has 0 aromatic carbocycles. The van der Waals surface area contributed by atoms with Crippen LogP contribution in [0.25, 0.3) is 0 Å². The quantitative estimate of drug-likeness (QED) is 0.0705. The molecule has 0 rings (SSSR count). The molecule has 0 aromatic rings. The Bertz CT molecular complexity index is 336. The first-order valence-electron chi connectivity index (χ1n) is 16.9. The zero-order valence-electron chi connectivity index (χ0n) is 25.7. The van der Waals surface area contributed by atoms with Crippen molar-refractivity contribution >= 4 is 0 Å². The fourth-order valence-corrected chi connectivity index (χ4v) is 5.05. The van der Waals surface area contributed by atoms with Crippen LogP contribution in [0.1, 0.15) is 142 Å². The van der Waals surface area contributed by atoms with E-state index >= 15 is 0 Å². The summed E-state index contributed by atoms with van der Waals surface area (Å²) in [6.45, 7) is 15.3. The molecule has 224 valence electrons.